The molecule has 0 aliphatic heterocycles. The van der Waals surface area contributed by atoms with Crippen molar-refractivity contribution in [3.8, 4) is 5.75 Å². The second kappa shape index (κ2) is 8.01. The van der Waals surface area contributed by atoms with Crippen molar-refractivity contribution in [2.75, 3.05) is 24.4 Å². The van der Waals surface area contributed by atoms with E-state index in [-0.39, 0.29) is 12.1 Å². The second-order valence-electron chi connectivity index (χ2n) is 6.35. The Morgan fingerprint density at radius 3 is 2.46 bits per heavy atom. The number of aliphatic hydroxyl groups is 1. The Morgan fingerprint density at radius 1 is 1.27 bits per heavy atom. The Bertz CT molecular complexity index is 743. The molecule has 0 fully saturated rings. The van der Waals surface area contributed by atoms with Crippen LogP contribution in [-0.4, -0.2) is 46.9 Å². The standard InChI is InChI=1S/C18H25N5O3/c1-12(18(2,3)25)21-16-20-11-10-15(22-16)23(17(24)19-4)13-6-8-14(26-5)9-7-13/h6-12,25H,1-5H3,(H,19,24)(H,20,21,22)/t12-/m0/s1. The lowest BCUT2D eigenvalue weighted by molar-refractivity contribution is 0.0646. The number of ether oxygens (including phenoxy) is 1. The quantitative estimate of drug-likeness (QED) is 0.733. The zero-order chi connectivity index (χ0) is 19.3. The molecule has 0 saturated carbocycles. The van der Waals surface area contributed by atoms with E-state index in [1.54, 1.807) is 64.5 Å². The molecule has 0 bridgehead atoms. The lowest BCUT2D eigenvalue weighted by Gasteiger charge is -2.27. The van der Waals surface area contributed by atoms with E-state index in [9.17, 15) is 9.90 Å². The van der Waals surface area contributed by atoms with Crippen LogP contribution in [0.4, 0.5) is 22.2 Å². The zero-order valence-electron chi connectivity index (χ0n) is 15.6. The van der Waals surface area contributed by atoms with Crippen LogP contribution >= 0.6 is 0 Å². The number of rotatable bonds is 6. The van der Waals surface area contributed by atoms with Gasteiger partial charge in [0.1, 0.15) is 11.6 Å². The summed E-state index contributed by atoms with van der Waals surface area (Å²) in [4.78, 5) is 22.4. The summed E-state index contributed by atoms with van der Waals surface area (Å²) in [5.41, 5.74) is -0.319. The molecule has 2 aromatic rings. The normalized spacial score (nSPS) is 12.2. The molecule has 0 radical (unpaired) electrons. The molecule has 2 rings (SSSR count). The Labute approximate surface area is 153 Å². The van der Waals surface area contributed by atoms with Gasteiger partial charge in [-0.15, -0.1) is 0 Å². The van der Waals surface area contributed by atoms with Crippen LogP contribution in [0, 0.1) is 0 Å². The van der Waals surface area contributed by atoms with Gasteiger partial charge >= 0.3 is 6.03 Å². The number of benzene rings is 1. The van der Waals surface area contributed by atoms with E-state index in [1.807, 2.05) is 6.92 Å². The van der Waals surface area contributed by atoms with Crippen molar-refractivity contribution in [1.29, 1.82) is 0 Å². The predicted molar refractivity (Wildman–Crippen MR) is 101 cm³/mol. The fraction of sp³-hybridized carbons (Fsp3) is 0.389. The molecule has 2 amide bonds. The van der Waals surface area contributed by atoms with Crippen LogP contribution in [0.2, 0.25) is 0 Å². The summed E-state index contributed by atoms with van der Waals surface area (Å²) in [6.07, 6.45) is 1.56. The molecule has 0 spiro atoms. The van der Waals surface area contributed by atoms with Crippen molar-refractivity contribution in [1.82, 2.24) is 15.3 Å². The first kappa shape index (κ1) is 19.5. The number of nitrogens with one attached hydrogen (secondary N) is 2. The summed E-state index contributed by atoms with van der Waals surface area (Å²) in [5, 5.41) is 15.7. The lowest BCUT2D eigenvalue weighted by atomic mass is 10.0. The van der Waals surface area contributed by atoms with Crippen molar-refractivity contribution < 1.29 is 14.6 Å². The minimum atomic E-state index is -0.949. The summed E-state index contributed by atoms with van der Waals surface area (Å²) in [6.45, 7) is 5.22. The van der Waals surface area contributed by atoms with Crippen LogP contribution in [0.3, 0.4) is 0 Å². The van der Waals surface area contributed by atoms with Crippen molar-refractivity contribution in [3.63, 3.8) is 0 Å². The Morgan fingerprint density at radius 2 is 1.92 bits per heavy atom. The molecule has 1 aromatic carbocycles. The molecule has 26 heavy (non-hydrogen) atoms. The Balaban J connectivity index is 2.36. The highest BCUT2D eigenvalue weighted by atomic mass is 16.5. The largest absolute Gasteiger partial charge is 0.497 e. The zero-order valence-corrected chi connectivity index (χ0v) is 15.6. The minimum Gasteiger partial charge on any atom is -0.497 e. The predicted octanol–water partition coefficient (Wildman–Crippen LogP) is 2.53. The molecule has 0 aliphatic rings. The van der Waals surface area contributed by atoms with E-state index in [0.717, 1.165) is 0 Å². The van der Waals surface area contributed by atoms with Crippen LogP contribution in [-0.2, 0) is 0 Å². The molecule has 0 saturated heterocycles. The second-order valence-corrected chi connectivity index (χ2v) is 6.35. The molecule has 8 nitrogen and oxygen atoms in total. The highest BCUT2D eigenvalue weighted by Crippen LogP contribution is 2.26. The van der Waals surface area contributed by atoms with Gasteiger partial charge in [-0.1, -0.05) is 0 Å². The topological polar surface area (TPSA) is 99.6 Å². The number of nitrogens with zero attached hydrogens (tertiary/aromatic N) is 3. The van der Waals surface area contributed by atoms with Gasteiger partial charge in [0.15, 0.2) is 0 Å². The van der Waals surface area contributed by atoms with E-state index in [1.165, 1.54) is 4.90 Å². The maximum absolute atomic E-state index is 12.4. The average Bonchev–Trinajstić information content (AvgIpc) is 2.62. The smallest absolute Gasteiger partial charge is 0.327 e. The van der Waals surface area contributed by atoms with E-state index in [0.29, 0.717) is 23.2 Å². The van der Waals surface area contributed by atoms with E-state index in [4.69, 9.17) is 4.74 Å². The number of amides is 2. The van der Waals surface area contributed by atoms with Gasteiger partial charge in [0.25, 0.3) is 0 Å². The molecular weight excluding hydrogens is 334 g/mol. The first-order chi connectivity index (χ1) is 12.3. The van der Waals surface area contributed by atoms with Gasteiger partial charge in [-0.05, 0) is 45.0 Å². The lowest BCUT2D eigenvalue weighted by Crippen LogP contribution is -2.40. The van der Waals surface area contributed by atoms with Crippen LogP contribution < -0.4 is 20.3 Å². The highest BCUT2D eigenvalue weighted by molar-refractivity contribution is 5.98. The summed E-state index contributed by atoms with van der Waals surface area (Å²) in [5.74, 6) is 1.41. The Hall–Kier alpha value is -2.87. The van der Waals surface area contributed by atoms with Gasteiger partial charge in [0.2, 0.25) is 5.95 Å². The summed E-state index contributed by atoms with van der Waals surface area (Å²) in [7, 11) is 3.13. The highest BCUT2D eigenvalue weighted by Gasteiger charge is 2.24. The van der Waals surface area contributed by atoms with Gasteiger partial charge in [-0.25, -0.2) is 14.7 Å². The van der Waals surface area contributed by atoms with Gasteiger partial charge < -0.3 is 20.5 Å². The van der Waals surface area contributed by atoms with Crippen LogP contribution in [0.5, 0.6) is 5.75 Å². The van der Waals surface area contributed by atoms with Crippen molar-refractivity contribution in [2.24, 2.45) is 0 Å². The first-order valence-corrected chi connectivity index (χ1v) is 8.24. The van der Waals surface area contributed by atoms with Gasteiger partial charge in [-0.2, -0.15) is 4.98 Å². The average molecular weight is 359 g/mol. The van der Waals surface area contributed by atoms with Gasteiger partial charge in [-0.3, -0.25) is 0 Å². The van der Waals surface area contributed by atoms with Crippen LogP contribution in [0.15, 0.2) is 36.5 Å². The van der Waals surface area contributed by atoms with Crippen molar-refractivity contribution in [3.05, 3.63) is 36.5 Å². The molecular formula is C18H25N5O3. The number of hydrogen-bond acceptors (Lipinski definition) is 6. The molecule has 1 aromatic heterocycles. The molecule has 0 aliphatic carbocycles. The van der Waals surface area contributed by atoms with Gasteiger partial charge in [0.05, 0.1) is 24.4 Å². The van der Waals surface area contributed by atoms with Crippen LogP contribution in [0.25, 0.3) is 0 Å². The van der Waals surface area contributed by atoms with Crippen molar-refractivity contribution >= 4 is 23.5 Å². The fourth-order valence-corrected chi connectivity index (χ4v) is 2.11. The SMILES string of the molecule is CNC(=O)N(c1ccc(OC)cc1)c1ccnc(N[C@@H](C)C(C)(C)O)n1. The summed E-state index contributed by atoms with van der Waals surface area (Å²) < 4.78 is 5.16. The minimum absolute atomic E-state index is 0.285. The maximum atomic E-state index is 12.4. The number of urea groups is 1. The van der Waals surface area contributed by atoms with E-state index in [2.05, 4.69) is 20.6 Å². The van der Waals surface area contributed by atoms with Gasteiger partial charge in [0, 0.05) is 19.3 Å². The number of aromatic nitrogens is 2. The first-order valence-electron chi connectivity index (χ1n) is 8.24. The summed E-state index contributed by atoms with van der Waals surface area (Å²) >= 11 is 0. The molecule has 3 N–H and O–H groups in total. The third-order valence-electron chi connectivity index (χ3n) is 4.02. The molecule has 0 unspecified atom stereocenters. The number of carbonyl (C=O) groups excluding carboxylic acids is 1. The Kier molecular flexibility index (Phi) is 5.99. The maximum Gasteiger partial charge on any atom is 0.327 e. The van der Waals surface area contributed by atoms with Crippen LogP contribution in [0.1, 0.15) is 20.8 Å². The van der Waals surface area contributed by atoms with Crippen molar-refractivity contribution in [2.45, 2.75) is 32.4 Å². The monoisotopic (exact) mass is 359 g/mol. The molecule has 1 heterocycles. The summed E-state index contributed by atoms with van der Waals surface area (Å²) in [6, 6.07) is 8.08. The third-order valence-corrected chi connectivity index (χ3v) is 4.02. The number of hydrogen-bond donors (Lipinski definition) is 3. The van der Waals surface area contributed by atoms with E-state index >= 15 is 0 Å². The molecule has 8 heteroatoms. The number of anilines is 3. The van der Waals surface area contributed by atoms with E-state index < -0.39 is 5.60 Å². The molecule has 1 atom stereocenters. The number of methoxy groups -OCH3 is 1. The fourth-order valence-electron chi connectivity index (χ4n) is 2.11. The number of carbonyl (C=O) groups is 1. The third kappa shape index (κ3) is 4.60. The molecule has 140 valence electrons.